The van der Waals surface area contributed by atoms with Gasteiger partial charge in [0.15, 0.2) is 0 Å². The molecule has 1 unspecified atom stereocenters. The molecular weight excluding hydrogens is 352 g/mol. The van der Waals surface area contributed by atoms with Gasteiger partial charge in [-0.25, -0.2) is 4.98 Å². The lowest BCUT2D eigenvalue weighted by Gasteiger charge is -2.10. The zero-order chi connectivity index (χ0) is 19.6. The standard InChI is InChI=1S/C23H28N2O3/c26-17-21(27)16-23-24-13-15-25(23)14-5-4-6-19-9-11-22(12-10-19)28-18-20-7-2-1-3-8-20/h1-3,7-13,15,21,26-27H,4-6,14,16-18H2. The lowest BCUT2D eigenvalue weighted by atomic mass is 10.1. The molecule has 5 nitrogen and oxygen atoms in total. The van der Waals surface area contributed by atoms with Crippen molar-refractivity contribution in [3.05, 3.63) is 83.9 Å². The number of aliphatic hydroxyl groups excluding tert-OH is 2. The number of hydrogen-bond acceptors (Lipinski definition) is 4. The SMILES string of the molecule is OCC(O)Cc1nccn1CCCCc1ccc(OCc2ccccc2)cc1. The molecule has 1 heterocycles. The fourth-order valence-electron chi connectivity index (χ4n) is 3.11. The predicted molar refractivity (Wildman–Crippen MR) is 109 cm³/mol. The van der Waals surface area contributed by atoms with Crippen LogP contribution in [0.4, 0.5) is 0 Å². The van der Waals surface area contributed by atoms with Gasteiger partial charge in [0.05, 0.1) is 12.7 Å². The maximum Gasteiger partial charge on any atom is 0.119 e. The fourth-order valence-corrected chi connectivity index (χ4v) is 3.11. The summed E-state index contributed by atoms with van der Waals surface area (Å²) in [6.45, 7) is 1.21. The monoisotopic (exact) mass is 380 g/mol. The lowest BCUT2D eigenvalue weighted by molar-refractivity contribution is 0.0931. The van der Waals surface area contributed by atoms with E-state index in [1.165, 1.54) is 5.56 Å². The normalized spacial score (nSPS) is 12.1. The highest BCUT2D eigenvalue weighted by molar-refractivity contribution is 5.27. The Morgan fingerprint density at radius 1 is 0.964 bits per heavy atom. The van der Waals surface area contributed by atoms with Crippen molar-refractivity contribution in [2.45, 2.75) is 44.9 Å². The molecule has 0 radical (unpaired) electrons. The maximum absolute atomic E-state index is 9.59. The van der Waals surface area contributed by atoms with E-state index < -0.39 is 6.10 Å². The summed E-state index contributed by atoms with van der Waals surface area (Å²) >= 11 is 0. The minimum absolute atomic E-state index is 0.238. The van der Waals surface area contributed by atoms with Crippen LogP contribution in [0, 0.1) is 0 Å². The molecule has 0 aliphatic heterocycles. The second-order valence-electron chi connectivity index (χ2n) is 6.95. The third-order valence-corrected chi connectivity index (χ3v) is 4.72. The van der Waals surface area contributed by atoms with Crippen molar-refractivity contribution in [2.24, 2.45) is 0 Å². The minimum atomic E-state index is -0.747. The summed E-state index contributed by atoms with van der Waals surface area (Å²) in [5.74, 6) is 1.71. The summed E-state index contributed by atoms with van der Waals surface area (Å²) in [4.78, 5) is 4.27. The van der Waals surface area contributed by atoms with Crippen molar-refractivity contribution in [1.82, 2.24) is 9.55 Å². The van der Waals surface area contributed by atoms with E-state index in [1.54, 1.807) is 6.20 Å². The van der Waals surface area contributed by atoms with Gasteiger partial charge in [-0.15, -0.1) is 0 Å². The number of unbranched alkanes of at least 4 members (excludes halogenated alkanes) is 1. The van der Waals surface area contributed by atoms with Crippen molar-refractivity contribution in [3.8, 4) is 5.75 Å². The number of aryl methyl sites for hydroxylation is 2. The van der Waals surface area contributed by atoms with Gasteiger partial charge in [-0.05, 0) is 42.5 Å². The van der Waals surface area contributed by atoms with E-state index in [9.17, 15) is 5.11 Å². The van der Waals surface area contributed by atoms with Gasteiger partial charge in [0, 0.05) is 25.4 Å². The molecule has 3 rings (SSSR count). The summed E-state index contributed by atoms with van der Waals surface area (Å²) in [7, 11) is 0. The Labute approximate surface area is 166 Å². The molecular formula is C23H28N2O3. The van der Waals surface area contributed by atoms with Crippen LogP contribution >= 0.6 is 0 Å². The summed E-state index contributed by atoms with van der Waals surface area (Å²) in [6, 6.07) is 18.5. The van der Waals surface area contributed by atoms with Crippen LogP contribution in [0.3, 0.4) is 0 Å². The Morgan fingerprint density at radius 3 is 2.50 bits per heavy atom. The Kier molecular flexibility index (Phi) is 7.64. The van der Waals surface area contributed by atoms with Gasteiger partial charge < -0.3 is 19.5 Å². The minimum Gasteiger partial charge on any atom is -0.489 e. The van der Waals surface area contributed by atoms with Crippen LogP contribution in [0.25, 0.3) is 0 Å². The largest absolute Gasteiger partial charge is 0.489 e. The van der Waals surface area contributed by atoms with Crippen LogP contribution in [0.15, 0.2) is 67.0 Å². The van der Waals surface area contributed by atoms with E-state index >= 15 is 0 Å². The van der Waals surface area contributed by atoms with Crippen LogP contribution < -0.4 is 4.74 Å². The van der Waals surface area contributed by atoms with Gasteiger partial charge in [-0.2, -0.15) is 0 Å². The van der Waals surface area contributed by atoms with Crippen molar-refractivity contribution in [2.75, 3.05) is 6.61 Å². The second kappa shape index (κ2) is 10.6. The summed E-state index contributed by atoms with van der Waals surface area (Å²) in [5.41, 5.74) is 2.46. The number of imidazole rings is 1. The van der Waals surface area contributed by atoms with Crippen LogP contribution in [0.2, 0.25) is 0 Å². The van der Waals surface area contributed by atoms with Gasteiger partial charge in [0.1, 0.15) is 18.2 Å². The first kappa shape index (κ1) is 20.1. The summed E-state index contributed by atoms with van der Waals surface area (Å²) in [6.07, 6.45) is 6.43. The Morgan fingerprint density at radius 2 is 1.75 bits per heavy atom. The lowest BCUT2D eigenvalue weighted by Crippen LogP contribution is -2.18. The molecule has 0 bridgehead atoms. The van der Waals surface area contributed by atoms with Gasteiger partial charge in [0.25, 0.3) is 0 Å². The molecule has 1 aromatic heterocycles. The molecule has 3 aromatic rings. The number of hydrogen-bond donors (Lipinski definition) is 2. The van der Waals surface area contributed by atoms with Crippen LogP contribution in [0.5, 0.6) is 5.75 Å². The number of ether oxygens (including phenoxy) is 1. The van der Waals surface area contributed by atoms with Gasteiger partial charge in [-0.1, -0.05) is 42.5 Å². The molecule has 0 amide bonds. The highest BCUT2D eigenvalue weighted by Crippen LogP contribution is 2.16. The summed E-state index contributed by atoms with van der Waals surface area (Å²) < 4.78 is 7.88. The zero-order valence-electron chi connectivity index (χ0n) is 16.1. The molecule has 0 saturated carbocycles. The van der Waals surface area contributed by atoms with E-state index in [4.69, 9.17) is 9.84 Å². The van der Waals surface area contributed by atoms with Crippen molar-refractivity contribution in [3.63, 3.8) is 0 Å². The number of benzene rings is 2. The molecule has 1 atom stereocenters. The first-order valence-electron chi connectivity index (χ1n) is 9.79. The van der Waals surface area contributed by atoms with E-state index in [2.05, 4.69) is 33.8 Å². The molecule has 0 fully saturated rings. The fraction of sp³-hybridized carbons (Fsp3) is 0.348. The van der Waals surface area contributed by atoms with Gasteiger partial charge in [0.2, 0.25) is 0 Å². The molecule has 0 aliphatic carbocycles. The number of aromatic nitrogens is 2. The number of aliphatic hydroxyl groups is 2. The van der Waals surface area contributed by atoms with Crippen molar-refractivity contribution >= 4 is 0 Å². The summed E-state index contributed by atoms with van der Waals surface area (Å²) in [5, 5.41) is 18.6. The Balaban J connectivity index is 1.39. The molecule has 0 saturated heterocycles. The second-order valence-corrected chi connectivity index (χ2v) is 6.95. The Bertz CT molecular complexity index is 815. The quantitative estimate of drug-likeness (QED) is 0.501. The number of nitrogens with zero attached hydrogens (tertiary/aromatic N) is 2. The third kappa shape index (κ3) is 6.22. The van der Waals surface area contributed by atoms with Crippen LogP contribution in [0.1, 0.15) is 29.8 Å². The average molecular weight is 380 g/mol. The van der Waals surface area contributed by atoms with E-state index in [-0.39, 0.29) is 6.61 Å². The van der Waals surface area contributed by atoms with Crippen molar-refractivity contribution < 1.29 is 14.9 Å². The van der Waals surface area contributed by atoms with Crippen LogP contribution in [-0.2, 0) is 26.0 Å². The number of rotatable bonds is 11. The smallest absolute Gasteiger partial charge is 0.119 e. The molecule has 0 aliphatic rings. The van der Waals surface area contributed by atoms with E-state index in [1.807, 2.05) is 36.5 Å². The first-order valence-corrected chi connectivity index (χ1v) is 9.79. The average Bonchev–Trinajstić information content (AvgIpc) is 3.18. The molecule has 148 valence electrons. The highest BCUT2D eigenvalue weighted by atomic mass is 16.5. The maximum atomic E-state index is 9.59. The van der Waals surface area contributed by atoms with Crippen molar-refractivity contribution in [1.29, 1.82) is 0 Å². The van der Waals surface area contributed by atoms with E-state index in [0.29, 0.717) is 13.0 Å². The molecule has 5 heteroatoms. The molecule has 0 spiro atoms. The topological polar surface area (TPSA) is 67.5 Å². The Hall–Kier alpha value is -2.63. The van der Waals surface area contributed by atoms with E-state index in [0.717, 1.165) is 42.9 Å². The predicted octanol–water partition coefficient (Wildman–Crippen LogP) is 3.38. The van der Waals surface area contributed by atoms with Gasteiger partial charge in [-0.3, -0.25) is 0 Å². The molecule has 2 N–H and O–H groups in total. The van der Waals surface area contributed by atoms with Crippen LogP contribution in [-0.4, -0.2) is 32.5 Å². The molecule has 28 heavy (non-hydrogen) atoms. The first-order chi connectivity index (χ1) is 13.7. The van der Waals surface area contributed by atoms with Gasteiger partial charge >= 0.3 is 0 Å². The highest BCUT2D eigenvalue weighted by Gasteiger charge is 2.09. The molecule has 2 aromatic carbocycles. The third-order valence-electron chi connectivity index (χ3n) is 4.72. The zero-order valence-corrected chi connectivity index (χ0v) is 16.1.